The second-order valence-electron chi connectivity index (χ2n) is 5.65. The van der Waals surface area contributed by atoms with Crippen molar-refractivity contribution in [3.8, 4) is 17.2 Å². The van der Waals surface area contributed by atoms with Gasteiger partial charge in [0.2, 0.25) is 17.7 Å². The largest absolute Gasteiger partial charge is 0.497 e. The molecular formula is C19H19N3O3. The maximum absolute atomic E-state index is 12.0. The molecule has 1 N–H and O–H groups in total. The molecule has 128 valence electrons. The van der Waals surface area contributed by atoms with Crippen LogP contribution in [-0.2, 0) is 11.2 Å². The summed E-state index contributed by atoms with van der Waals surface area (Å²) in [6, 6.07) is 15.0. The van der Waals surface area contributed by atoms with Gasteiger partial charge in [-0.2, -0.15) is 0 Å². The zero-order valence-corrected chi connectivity index (χ0v) is 14.2. The summed E-state index contributed by atoms with van der Waals surface area (Å²) in [5, 5.41) is 10.9. The van der Waals surface area contributed by atoms with Gasteiger partial charge in [0.1, 0.15) is 5.75 Å². The lowest BCUT2D eigenvalue weighted by atomic mass is 10.2. The predicted molar refractivity (Wildman–Crippen MR) is 94.4 cm³/mol. The molecule has 3 aromatic rings. The van der Waals surface area contributed by atoms with E-state index in [1.807, 2.05) is 55.5 Å². The summed E-state index contributed by atoms with van der Waals surface area (Å²) in [6.07, 6.45) is 0.655. The lowest BCUT2D eigenvalue weighted by Crippen LogP contribution is -2.12. The Morgan fingerprint density at radius 2 is 1.96 bits per heavy atom. The third kappa shape index (κ3) is 4.44. The number of aromatic nitrogens is 2. The number of methoxy groups -OCH3 is 1. The van der Waals surface area contributed by atoms with Gasteiger partial charge < -0.3 is 14.5 Å². The summed E-state index contributed by atoms with van der Waals surface area (Å²) >= 11 is 0. The van der Waals surface area contributed by atoms with Gasteiger partial charge in [0.05, 0.1) is 7.11 Å². The first-order chi connectivity index (χ1) is 12.1. The monoisotopic (exact) mass is 337 g/mol. The quantitative estimate of drug-likeness (QED) is 0.743. The summed E-state index contributed by atoms with van der Waals surface area (Å²) in [7, 11) is 1.60. The molecule has 6 heteroatoms. The highest BCUT2D eigenvalue weighted by Crippen LogP contribution is 2.22. The number of nitrogens with zero attached hydrogens (tertiary/aromatic N) is 2. The Kier molecular flexibility index (Phi) is 5.09. The van der Waals surface area contributed by atoms with Crippen molar-refractivity contribution in [1.82, 2.24) is 10.2 Å². The average molecular weight is 337 g/mol. The topological polar surface area (TPSA) is 77.2 Å². The molecule has 0 saturated carbocycles. The maximum atomic E-state index is 12.0. The van der Waals surface area contributed by atoms with Gasteiger partial charge >= 0.3 is 0 Å². The molecule has 0 aliphatic rings. The van der Waals surface area contributed by atoms with Crippen molar-refractivity contribution in [3.63, 3.8) is 0 Å². The van der Waals surface area contributed by atoms with Gasteiger partial charge in [0.25, 0.3) is 0 Å². The van der Waals surface area contributed by atoms with Crippen LogP contribution in [0.15, 0.2) is 52.9 Å². The van der Waals surface area contributed by atoms with Crippen LogP contribution < -0.4 is 10.1 Å². The molecule has 1 heterocycles. The van der Waals surface area contributed by atoms with Crippen LogP contribution >= 0.6 is 0 Å². The minimum atomic E-state index is -0.0926. The Labute approximate surface area is 145 Å². The Bertz CT molecular complexity index is 856. The fourth-order valence-electron chi connectivity index (χ4n) is 2.31. The summed E-state index contributed by atoms with van der Waals surface area (Å²) in [4.78, 5) is 12.0. The smallest absolute Gasteiger partial charge is 0.247 e. The molecule has 0 fully saturated rings. The minimum absolute atomic E-state index is 0.0926. The molecule has 0 aliphatic carbocycles. The van der Waals surface area contributed by atoms with E-state index in [4.69, 9.17) is 9.15 Å². The van der Waals surface area contributed by atoms with Crippen molar-refractivity contribution in [2.24, 2.45) is 0 Å². The van der Waals surface area contributed by atoms with Gasteiger partial charge in [-0.25, -0.2) is 0 Å². The fourth-order valence-corrected chi connectivity index (χ4v) is 2.31. The van der Waals surface area contributed by atoms with Crippen molar-refractivity contribution in [3.05, 3.63) is 60.0 Å². The van der Waals surface area contributed by atoms with Gasteiger partial charge in [0.15, 0.2) is 0 Å². The number of amides is 1. The number of rotatable bonds is 6. The summed E-state index contributed by atoms with van der Waals surface area (Å²) < 4.78 is 10.8. The molecule has 0 aliphatic heterocycles. The Balaban J connectivity index is 1.57. The fraction of sp³-hybridized carbons (Fsp3) is 0.211. The van der Waals surface area contributed by atoms with Gasteiger partial charge in [-0.05, 0) is 37.3 Å². The molecule has 3 rings (SSSR count). The second-order valence-corrected chi connectivity index (χ2v) is 5.65. The Hall–Kier alpha value is -3.15. The van der Waals surface area contributed by atoms with E-state index in [0.29, 0.717) is 18.2 Å². The number of anilines is 1. The zero-order chi connectivity index (χ0) is 17.6. The molecule has 0 unspecified atom stereocenters. The summed E-state index contributed by atoms with van der Waals surface area (Å²) in [6.45, 7) is 2.00. The van der Waals surface area contributed by atoms with Crippen LogP contribution in [0.25, 0.3) is 11.5 Å². The Morgan fingerprint density at radius 1 is 1.16 bits per heavy atom. The summed E-state index contributed by atoms with van der Waals surface area (Å²) in [5.41, 5.74) is 2.70. The first kappa shape index (κ1) is 16.7. The third-order valence-electron chi connectivity index (χ3n) is 3.68. The normalized spacial score (nSPS) is 10.5. The maximum Gasteiger partial charge on any atom is 0.247 e. The number of carbonyl (C=O) groups excluding carboxylic acids is 1. The molecule has 1 aromatic heterocycles. The van der Waals surface area contributed by atoms with Crippen molar-refractivity contribution >= 4 is 11.6 Å². The van der Waals surface area contributed by atoms with Crippen LogP contribution in [0.1, 0.15) is 17.9 Å². The highest BCUT2D eigenvalue weighted by Gasteiger charge is 2.11. The van der Waals surface area contributed by atoms with Crippen molar-refractivity contribution < 1.29 is 13.9 Å². The van der Waals surface area contributed by atoms with E-state index in [9.17, 15) is 4.79 Å². The van der Waals surface area contributed by atoms with E-state index in [0.717, 1.165) is 22.6 Å². The van der Waals surface area contributed by atoms with E-state index in [-0.39, 0.29) is 12.3 Å². The van der Waals surface area contributed by atoms with Crippen LogP contribution in [0.2, 0.25) is 0 Å². The number of carbonyl (C=O) groups is 1. The lowest BCUT2D eigenvalue weighted by Gasteiger charge is -2.04. The first-order valence-corrected chi connectivity index (χ1v) is 7.97. The lowest BCUT2D eigenvalue weighted by molar-refractivity contribution is -0.116. The number of nitrogens with one attached hydrogen (secondary N) is 1. The van der Waals surface area contributed by atoms with Crippen LogP contribution in [-0.4, -0.2) is 23.2 Å². The van der Waals surface area contributed by atoms with Crippen molar-refractivity contribution in [2.75, 3.05) is 12.4 Å². The third-order valence-corrected chi connectivity index (χ3v) is 3.68. The number of aryl methyl sites for hydroxylation is 2. The molecule has 0 atom stereocenters. The molecule has 1 amide bonds. The van der Waals surface area contributed by atoms with E-state index in [1.165, 1.54) is 0 Å². The number of hydrogen-bond acceptors (Lipinski definition) is 5. The van der Waals surface area contributed by atoms with Crippen molar-refractivity contribution in [2.45, 2.75) is 19.8 Å². The molecule has 0 bridgehead atoms. The van der Waals surface area contributed by atoms with Crippen LogP contribution in [0.3, 0.4) is 0 Å². The SMILES string of the molecule is COc1cccc(-c2nnc(CCC(=O)Nc3ccc(C)cc3)o2)c1. The molecule has 6 nitrogen and oxygen atoms in total. The average Bonchev–Trinajstić information content (AvgIpc) is 3.11. The molecule has 0 saturated heterocycles. The van der Waals surface area contributed by atoms with Crippen molar-refractivity contribution in [1.29, 1.82) is 0 Å². The number of hydrogen-bond donors (Lipinski definition) is 1. The van der Waals surface area contributed by atoms with E-state index < -0.39 is 0 Å². The highest BCUT2D eigenvalue weighted by molar-refractivity contribution is 5.90. The molecular weight excluding hydrogens is 318 g/mol. The van der Waals surface area contributed by atoms with E-state index in [1.54, 1.807) is 7.11 Å². The highest BCUT2D eigenvalue weighted by atomic mass is 16.5. The summed E-state index contributed by atoms with van der Waals surface area (Å²) in [5.74, 6) is 1.46. The first-order valence-electron chi connectivity index (χ1n) is 7.97. The minimum Gasteiger partial charge on any atom is -0.497 e. The van der Waals surface area contributed by atoms with Crippen LogP contribution in [0, 0.1) is 6.92 Å². The van der Waals surface area contributed by atoms with Crippen LogP contribution in [0.4, 0.5) is 5.69 Å². The van der Waals surface area contributed by atoms with Gasteiger partial charge in [0, 0.05) is 24.1 Å². The van der Waals surface area contributed by atoms with Gasteiger partial charge in [-0.1, -0.05) is 23.8 Å². The predicted octanol–water partition coefficient (Wildman–Crippen LogP) is 3.62. The van der Waals surface area contributed by atoms with Gasteiger partial charge in [-0.3, -0.25) is 4.79 Å². The standard InChI is InChI=1S/C19H19N3O3/c1-13-6-8-15(9-7-13)20-17(23)10-11-18-21-22-19(25-18)14-4-3-5-16(12-14)24-2/h3-9,12H,10-11H2,1-2H3,(H,20,23). The molecule has 0 radical (unpaired) electrons. The van der Waals surface area contributed by atoms with E-state index >= 15 is 0 Å². The Morgan fingerprint density at radius 3 is 2.72 bits per heavy atom. The molecule has 2 aromatic carbocycles. The van der Waals surface area contributed by atoms with E-state index in [2.05, 4.69) is 15.5 Å². The zero-order valence-electron chi connectivity index (χ0n) is 14.2. The van der Waals surface area contributed by atoms with Crippen LogP contribution in [0.5, 0.6) is 5.75 Å². The van der Waals surface area contributed by atoms with Gasteiger partial charge in [-0.15, -0.1) is 10.2 Å². The number of ether oxygens (including phenoxy) is 1. The molecule has 0 spiro atoms. The second kappa shape index (κ2) is 7.61. The molecule has 25 heavy (non-hydrogen) atoms. The number of benzene rings is 2.